The number of carbonyl (C=O) groups is 1. The van der Waals surface area contributed by atoms with Gasteiger partial charge in [-0.2, -0.15) is 0 Å². The topological polar surface area (TPSA) is 72.5 Å². The number of nitrogens with two attached hydrogens (primary N) is 1. The molecule has 0 radical (unpaired) electrons. The molecule has 1 rings (SSSR count). The van der Waals surface area contributed by atoms with Crippen LogP contribution in [-0.2, 0) is 4.79 Å². The normalized spacial score (nSPS) is 12.2. The molecule has 0 fully saturated rings. The Kier molecular flexibility index (Phi) is 4.52. The lowest BCUT2D eigenvalue weighted by molar-refractivity contribution is -0.139. The zero-order valence-electron chi connectivity index (χ0n) is 10.5. The monoisotopic (exact) mass is 237 g/mol. The van der Waals surface area contributed by atoms with Crippen molar-refractivity contribution in [2.75, 3.05) is 13.7 Å². The third kappa shape index (κ3) is 2.97. The molecule has 0 bridgehead atoms. The molecule has 1 unspecified atom stereocenters. The fourth-order valence-electron chi connectivity index (χ4n) is 2.11. The Bertz CT molecular complexity index is 415. The summed E-state index contributed by atoms with van der Waals surface area (Å²) < 4.78 is 5.28. The van der Waals surface area contributed by atoms with E-state index in [2.05, 4.69) is 0 Å². The van der Waals surface area contributed by atoms with E-state index in [4.69, 9.17) is 10.5 Å². The van der Waals surface area contributed by atoms with Gasteiger partial charge in [0.15, 0.2) is 0 Å². The first kappa shape index (κ1) is 13.5. The fraction of sp³-hybridized carbons (Fsp3) is 0.462. The molecular formula is C13H19NO3. The standard InChI is InChI=1S/C13H19NO3/c1-8-6-9(2)12(11(7-8)17-3)10(4-5-14)13(15)16/h6-7,10H,4-5,14H2,1-3H3,(H,15,16). The van der Waals surface area contributed by atoms with Crippen molar-refractivity contribution in [1.29, 1.82) is 0 Å². The SMILES string of the molecule is COc1cc(C)cc(C)c1C(CCN)C(=O)O. The largest absolute Gasteiger partial charge is 0.496 e. The van der Waals surface area contributed by atoms with Gasteiger partial charge in [-0.15, -0.1) is 0 Å². The van der Waals surface area contributed by atoms with Gasteiger partial charge in [-0.3, -0.25) is 4.79 Å². The zero-order valence-corrected chi connectivity index (χ0v) is 10.5. The summed E-state index contributed by atoms with van der Waals surface area (Å²) in [5, 5.41) is 9.26. The van der Waals surface area contributed by atoms with E-state index in [-0.39, 0.29) is 0 Å². The predicted octanol–water partition coefficient (Wildman–Crippen LogP) is 1.83. The van der Waals surface area contributed by atoms with Crippen molar-refractivity contribution in [3.05, 3.63) is 28.8 Å². The maximum atomic E-state index is 11.3. The third-order valence-electron chi connectivity index (χ3n) is 2.82. The summed E-state index contributed by atoms with van der Waals surface area (Å²) in [4.78, 5) is 11.3. The second kappa shape index (κ2) is 5.68. The Labute approximate surface area is 101 Å². The van der Waals surface area contributed by atoms with E-state index < -0.39 is 11.9 Å². The van der Waals surface area contributed by atoms with Gasteiger partial charge in [0.2, 0.25) is 0 Å². The number of rotatable bonds is 5. The first-order valence-corrected chi connectivity index (χ1v) is 5.59. The zero-order chi connectivity index (χ0) is 13.0. The molecule has 0 amide bonds. The van der Waals surface area contributed by atoms with Crippen LogP contribution in [0.1, 0.15) is 29.0 Å². The van der Waals surface area contributed by atoms with E-state index in [1.165, 1.54) is 0 Å². The molecule has 1 aromatic rings. The molecule has 0 heterocycles. The van der Waals surface area contributed by atoms with Crippen LogP contribution in [-0.4, -0.2) is 24.7 Å². The Morgan fingerprint density at radius 2 is 2.12 bits per heavy atom. The molecule has 17 heavy (non-hydrogen) atoms. The predicted molar refractivity (Wildman–Crippen MR) is 66.5 cm³/mol. The molecule has 0 saturated heterocycles. The number of ether oxygens (including phenoxy) is 1. The second-order valence-corrected chi connectivity index (χ2v) is 4.17. The highest BCUT2D eigenvalue weighted by atomic mass is 16.5. The van der Waals surface area contributed by atoms with Crippen LogP contribution in [0.3, 0.4) is 0 Å². The molecule has 4 nitrogen and oxygen atoms in total. The van der Waals surface area contributed by atoms with Crippen LogP contribution >= 0.6 is 0 Å². The van der Waals surface area contributed by atoms with Crippen LogP contribution in [0.25, 0.3) is 0 Å². The van der Waals surface area contributed by atoms with Crippen molar-refractivity contribution >= 4 is 5.97 Å². The minimum absolute atomic E-state index is 0.341. The van der Waals surface area contributed by atoms with Crippen molar-refractivity contribution in [3.8, 4) is 5.75 Å². The Morgan fingerprint density at radius 3 is 2.59 bits per heavy atom. The molecule has 1 aromatic carbocycles. The van der Waals surface area contributed by atoms with Gasteiger partial charge in [0, 0.05) is 5.56 Å². The van der Waals surface area contributed by atoms with Crippen molar-refractivity contribution < 1.29 is 14.6 Å². The summed E-state index contributed by atoms with van der Waals surface area (Å²) in [6.45, 7) is 4.20. The Morgan fingerprint density at radius 1 is 1.47 bits per heavy atom. The van der Waals surface area contributed by atoms with Gasteiger partial charge in [0.1, 0.15) is 5.75 Å². The van der Waals surface area contributed by atoms with E-state index >= 15 is 0 Å². The van der Waals surface area contributed by atoms with Crippen molar-refractivity contribution in [1.82, 2.24) is 0 Å². The number of carboxylic acid groups (broad SMARTS) is 1. The number of aliphatic carboxylic acids is 1. The molecular weight excluding hydrogens is 218 g/mol. The maximum Gasteiger partial charge on any atom is 0.311 e. The highest BCUT2D eigenvalue weighted by Crippen LogP contribution is 2.33. The summed E-state index contributed by atoms with van der Waals surface area (Å²) in [7, 11) is 1.55. The fourth-order valence-corrected chi connectivity index (χ4v) is 2.11. The number of benzene rings is 1. The third-order valence-corrected chi connectivity index (χ3v) is 2.82. The highest BCUT2D eigenvalue weighted by molar-refractivity contribution is 5.78. The van der Waals surface area contributed by atoms with E-state index in [0.717, 1.165) is 16.7 Å². The van der Waals surface area contributed by atoms with Gasteiger partial charge in [0.25, 0.3) is 0 Å². The van der Waals surface area contributed by atoms with Crippen molar-refractivity contribution in [2.45, 2.75) is 26.2 Å². The molecule has 0 saturated carbocycles. The van der Waals surface area contributed by atoms with Crippen LogP contribution in [0.5, 0.6) is 5.75 Å². The molecule has 0 aliphatic rings. The molecule has 0 aromatic heterocycles. The minimum Gasteiger partial charge on any atom is -0.496 e. The van der Waals surface area contributed by atoms with Crippen LogP contribution in [0, 0.1) is 13.8 Å². The number of aryl methyl sites for hydroxylation is 2. The van der Waals surface area contributed by atoms with Gasteiger partial charge < -0.3 is 15.6 Å². The summed E-state index contributed by atoms with van der Waals surface area (Å²) >= 11 is 0. The maximum absolute atomic E-state index is 11.3. The average Bonchev–Trinajstić information content (AvgIpc) is 2.25. The molecule has 3 N–H and O–H groups in total. The summed E-state index contributed by atoms with van der Waals surface area (Å²) in [5.41, 5.74) is 8.19. The lowest BCUT2D eigenvalue weighted by Crippen LogP contribution is -2.18. The number of hydrogen-bond donors (Lipinski definition) is 2. The molecule has 4 heteroatoms. The first-order valence-electron chi connectivity index (χ1n) is 5.59. The van der Waals surface area contributed by atoms with Gasteiger partial charge in [-0.25, -0.2) is 0 Å². The molecule has 1 atom stereocenters. The van der Waals surface area contributed by atoms with E-state index in [0.29, 0.717) is 18.7 Å². The van der Waals surface area contributed by atoms with Crippen LogP contribution in [0.15, 0.2) is 12.1 Å². The van der Waals surface area contributed by atoms with Crippen molar-refractivity contribution in [3.63, 3.8) is 0 Å². The first-order chi connectivity index (χ1) is 8.01. The lowest BCUT2D eigenvalue weighted by atomic mass is 9.90. The molecule has 0 aliphatic heterocycles. The molecule has 94 valence electrons. The van der Waals surface area contributed by atoms with Crippen molar-refractivity contribution in [2.24, 2.45) is 5.73 Å². The van der Waals surface area contributed by atoms with Crippen LogP contribution in [0.2, 0.25) is 0 Å². The van der Waals surface area contributed by atoms with Gasteiger partial charge in [-0.05, 0) is 44.0 Å². The van der Waals surface area contributed by atoms with Gasteiger partial charge in [-0.1, -0.05) is 6.07 Å². The van der Waals surface area contributed by atoms with E-state index in [1.807, 2.05) is 26.0 Å². The molecule has 0 aliphatic carbocycles. The smallest absolute Gasteiger partial charge is 0.311 e. The average molecular weight is 237 g/mol. The summed E-state index contributed by atoms with van der Waals surface area (Å²) in [6, 6.07) is 3.82. The molecule has 0 spiro atoms. The highest BCUT2D eigenvalue weighted by Gasteiger charge is 2.24. The Hall–Kier alpha value is -1.55. The van der Waals surface area contributed by atoms with Crippen LogP contribution in [0.4, 0.5) is 0 Å². The van der Waals surface area contributed by atoms with E-state index in [1.54, 1.807) is 7.11 Å². The second-order valence-electron chi connectivity index (χ2n) is 4.17. The summed E-state index contributed by atoms with van der Waals surface area (Å²) in [6.07, 6.45) is 0.412. The number of methoxy groups -OCH3 is 1. The quantitative estimate of drug-likeness (QED) is 0.819. The minimum atomic E-state index is -0.860. The number of carboxylic acids is 1. The Balaban J connectivity index is 3.30. The lowest BCUT2D eigenvalue weighted by Gasteiger charge is -2.18. The van der Waals surface area contributed by atoms with Gasteiger partial charge >= 0.3 is 5.97 Å². The van der Waals surface area contributed by atoms with E-state index in [9.17, 15) is 9.90 Å². The summed E-state index contributed by atoms with van der Waals surface area (Å²) in [5.74, 6) is -0.834. The number of hydrogen-bond acceptors (Lipinski definition) is 3. The van der Waals surface area contributed by atoms with Crippen LogP contribution < -0.4 is 10.5 Å². The van der Waals surface area contributed by atoms with Gasteiger partial charge in [0.05, 0.1) is 13.0 Å².